The molecule has 0 atom stereocenters. The Morgan fingerprint density at radius 3 is 2.70 bits per heavy atom. The van der Waals surface area contributed by atoms with Gasteiger partial charge in [0.2, 0.25) is 0 Å². The predicted molar refractivity (Wildman–Crippen MR) is 111 cm³/mol. The SMILES string of the molecule is Cc1ccc2nc(N(Cc3ccccn3)C(=O)c3ccccc3Cl)sc2c1. The van der Waals surface area contributed by atoms with Crippen molar-refractivity contribution in [2.75, 3.05) is 4.90 Å². The number of halogens is 1. The molecule has 4 aromatic rings. The van der Waals surface area contributed by atoms with E-state index < -0.39 is 0 Å². The van der Waals surface area contributed by atoms with E-state index in [9.17, 15) is 4.79 Å². The van der Waals surface area contributed by atoms with Crippen molar-refractivity contribution < 1.29 is 4.79 Å². The molecule has 2 aromatic heterocycles. The molecule has 1 amide bonds. The van der Waals surface area contributed by atoms with Crippen molar-refractivity contribution in [1.29, 1.82) is 0 Å². The summed E-state index contributed by atoms with van der Waals surface area (Å²) >= 11 is 7.76. The Kier molecular flexibility index (Phi) is 4.88. The lowest BCUT2D eigenvalue weighted by molar-refractivity contribution is 0.0985. The lowest BCUT2D eigenvalue weighted by Gasteiger charge is -2.20. The van der Waals surface area contributed by atoms with Gasteiger partial charge in [-0.15, -0.1) is 0 Å². The molecule has 0 bridgehead atoms. The molecule has 2 aromatic carbocycles. The minimum atomic E-state index is -0.193. The molecule has 0 spiro atoms. The fraction of sp³-hybridized carbons (Fsp3) is 0.0952. The van der Waals surface area contributed by atoms with Crippen LogP contribution in [0.4, 0.5) is 5.13 Å². The molecule has 0 radical (unpaired) electrons. The summed E-state index contributed by atoms with van der Waals surface area (Å²) in [6.07, 6.45) is 1.72. The van der Waals surface area contributed by atoms with E-state index in [0.717, 1.165) is 21.5 Å². The van der Waals surface area contributed by atoms with Crippen LogP contribution in [0, 0.1) is 6.92 Å². The van der Waals surface area contributed by atoms with Crippen molar-refractivity contribution in [3.63, 3.8) is 0 Å². The maximum absolute atomic E-state index is 13.3. The third kappa shape index (κ3) is 3.70. The van der Waals surface area contributed by atoms with Crippen LogP contribution < -0.4 is 4.90 Å². The average molecular weight is 394 g/mol. The summed E-state index contributed by atoms with van der Waals surface area (Å²) in [6, 6.07) is 18.8. The fourth-order valence-corrected chi connectivity index (χ4v) is 4.07. The Hall–Kier alpha value is -2.76. The van der Waals surface area contributed by atoms with Crippen LogP contribution in [-0.2, 0) is 6.54 Å². The minimum Gasteiger partial charge on any atom is -0.278 e. The molecule has 134 valence electrons. The van der Waals surface area contributed by atoms with Gasteiger partial charge in [0.15, 0.2) is 5.13 Å². The number of pyridine rings is 1. The summed E-state index contributed by atoms with van der Waals surface area (Å²) in [5.41, 5.74) is 3.27. The number of carbonyl (C=O) groups is 1. The maximum atomic E-state index is 13.3. The Morgan fingerprint density at radius 2 is 1.93 bits per heavy atom. The number of aromatic nitrogens is 2. The van der Waals surface area contributed by atoms with E-state index in [0.29, 0.717) is 22.3 Å². The molecule has 2 heterocycles. The third-order valence-corrected chi connectivity index (χ3v) is 5.53. The second-order valence-corrected chi connectivity index (χ2v) is 7.58. The van der Waals surface area contributed by atoms with Crippen LogP contribution in [0.2, 0.25) is 5.02 Å². The quantitative estimate of drug-likeness (QED) is 0.460. The zero-order valence-corrected chi connectivity index (χ0v) is 16.2. The van der Waals surface area contributed by atoms with Gasteiger partial charge in [-0.05, 0) is 48.9 Å². The fourth-order valence-electron chi connectivity index (χ4n) is 2.80. The average Bonchev–Trinajstić information content (AvgIpc) is 3.09. The lowest BCUT2D eigenvalue weighted by Crippen LogP contribution is -2.30. The van der Waals surface area contributed by atoms with E-state index in [1.165, 1.54) is 11.3 Å². The summed E-state index contributed by atoms with van der Waals surface area (Å²) in [5, 5.41) is 1.05. The number of aryl methyl sites for hydroxylation is 1. The summed E-state index contributed by atoms with van der Waals surface area (Å²) < 4.78 is 1.04. The van der Waals surface area contributed by atoms with E-state index in [4.69, 9.17) is 11.6 Å². The van der Waals surface area contributed by atoms with Gasteiger partial charge in [0.05, 0.1) is 33.0 Å². The molecule has 0 saturated heterocycles. The topological polar surface area (TPSA) is 46.1 Å². The number of fused-ring (bicyclic) bond motifs is 1. The van der Waals surface area contributed by atoms with Crippen molar-refractivity contribution in [2.45, 2.75) is 13.5 Å². The minimum absolute atomic E-state index is 0.193. The first-order chi connectivity index (χ1) is 13.1. The van der Waals surface area contributed by atoms with E-state index in [1.54, 1.807) is 29.3 Å². The summed E-state index contributed by atoms with van der Waals surface area (Å²) in [4.78, 5) is 24.0. The molecule has 0 N–H and O–H groups in total. The van der Waals surface area contributed by atoms with Crippen molar-refractivity contribution in [3.8, 4) is 0 Å². The van der Waals surface area contributed by atoms with E-state index in [-0.39, 0.29) is 5.91 Å². The van der Waals surface area contributed by atoms with Crippen LogP contribution >= 0.6 is 22.9 Å². The molecular formula is C21H16ClN3OS. The number of benzene rings is 2. The molecule has 27 heavy (non-hydrogen) atoms. The van der Waals surface area contributed by atoms with Gasteiger partial charge >= 0.3 is 0 Å². The number of anilines is 1. The number of hydrogen-bond acceptors (Lipinski definition) is 4. The Balaban J connectivity index is 1.79. The molecule has 0 aliphatic heterocycles. The smallest absolute Gasteiger partial charge is 0.261 e. The van der Waals surface area contributed by atoms with E-state index in [1.807, 2.05) is 43.3 Å². The van der Waals surface area contributed by atoms with Crippen LogP contribution in [0.5, 0.6) is 0 Å². The standard InChI is InChI=1S/C21H16ClN3OS/c1-14-9-10-18-19(12-14)27-21(24-18)25(13-15-6-4-5-11-23-15)20(26)16-7-2-3-8-17(16)22/h2-12H,13H2,1H3. The molecule has 4 rings (SSSR count). The van der Waals surface area contributed by atoms with Gasteiger partial charge in [-0.25, -0.2) is 4.98 Å². The Labute approximate surface area is 166 Å². The normalized spacial score (nSPS) is 10.9. The summed E-state index contributed by atoms with van der Waals surface area (Å²) in [6.45, 7) is 2.36. The molecular weight excluding hydrogens is 378 g/mol. The zero-order valence-electron chi connectivity index (χ0n) is 14.6. The monoisotopic (exact) mass is 393 g/mol. The van der Waals surface area contributed by atoms with Gasteiger partial charge in [0.25, 0.3) is 5.91 Å². The first-order valence-corrected chi connectivity index (χ1v) is 9.65. The highest BCUT2D eigenvalue weighted by Crippen LogP contribution is 2.32. The summed E-state index contributed by atoms with van der Waals surface area (Å²) in [7, 11) is 0. The van der Waals surface area contributed by atoms with Gasteiger partial charge in [0, 0.05) is 6.20 Å². The number of hydrogen-bond donors (Lipinski definition) is 0. The van der Waals surface area contributed by atoms with Crippen LogP contribution in [-0.4, -0.2) is 15.9 Å². The maximum Gasteiger partial charge on any atom is 0.261 e. The first-order valence-electron chi connectivity index (χ1n) is 8.45. The second kappa shape index (κ2) is 7.47. The number of rotatable bonds is 4. The van der Waals surface area contributed by atoms with Crippen LogP contribution in [0.15, 0.2) is 66.9 Å². The van der Waals surface area contributed by atoms with Gasteiger partial charge in [-0.2, -0.15) is 0 Å². The van der Waals surface area contributed by atoms with Gasteiger partial charge in [-0.1, -0.05) is 47.2 Å². The largest absolute Gasteiger partial charge is 0.278 e. The molecule has 4 nitrogen and oxygen atoms in total. The molecule has 0 unspecified atom stereocenters. The van der Waals surface area contributed by atoms with Crippen molar-refractivity contribution in [1.82, 2.24) is 9.97 Å². The third-order valence-electron chi connectivity index (χ3n) is 4.16. The summed E-state index contributed by atoms with van der Waals surface area (Å²) in [5.74, 6) is -0.193. The van der Waals surface area contributed by atoms with Crippen LogP contribution in [0.3, 0.4) is 0 Å². The van der Waals surface area contributed by atoms with Gasteiger partial charge in [-0.3, -0.25) is 14.7 Å². The first kappa shape index (κ1) is 17.6. The van der Waals surface area contributed by atoms with Gasteiger partial charge < -0.3 is 0 Å². The number of nitrogens with zero attached hydrogens (tertiary/aromatic N) is 3. The highest BCUT2D eigenvalue weighted by atomic mass is 35.5. The van der Waals surface area contributed by atoms with Crippen molar-refractivity contribution in [2.24, 2.45) is 0 Å². The van der Waals surface area contributed by atoms with Crippen LogP contribution in [0.25, 0.3) is 10.2 Å². The zero-order chi connectivity index (χ0) is 18.8. The molecule has 0 saturated carbocycles. The second-order valence-electron chi connectivity index (χ2n) is 6.16. The van der Waals surface area contributed by atoms with E-state index in [2.05, 4.69) is 16.0 Å². The number of thiazole rings is 1. The number of carbonyl (C=O) groups excluding carboxylic acids is 1. The lowest BCUT2D eigenvalue weighted by atomic mass is 10.2. The predicted octanol–water partition coefficient (Wildman–Crippen LogP) is 5.50. The van der Waals surface area contributed by atoms with E-state index >= 15 is 0 Å². The molecule has 6 heteroatoms. The van der Waals surface area contributed by atoms with Gasteiger partial charge in [0.1, 0.15) is 0 Å². The molecule has 0 fully saturated rings. The van der Waals surface area contributed by atoms with Crippen LogP contribution in [0.1, 0.15) is 21.6 Å². The molecule has 0 aliphatic rings. The number of amides is 1. The van der Waals surface area contributed by atoms with Crippen molar-refractivity contribution in [3.05, 3.63) is 88.7 Å². The van der Waals surface area contributed by atoms with Crippen molar-refractivity contribution >= 4 is 44.2 Å². The Morgan fingerprint density at radius 1 is 1.11 bits per heavy atom. The molecule has 0 aliphatic carbocycles. The highest BCUT2D eigenvalue weighted by Gasteiger charge is 2.23. The highest BCUT2D eigenvalue weighted by molar-refractivity contribution is 7.22. The Bertz CT molecular complexity index is 1110.